The zero-order chi connectivity index (χ0) is 30.3. The molecule has 0 aromatic carbocycles. The predicted octanol–water partition coefficient (Wildman–Crippen LogP) is 11.7. The molecule has 0 spiro atoms. The number of ether oxygens (including phenoxy) is 1. The number of unbranched alkanes of at least 4 members (excludes halogenated alkanes) is 2. The van der Waals surface area contributed by atoms with Crippen LogP contribution >= 0.6 is 0 Å². The van der Waals surface area contributed by atoms with Crippen molar-refractivity contribution in [2.24, 2.45) is 52.3 Å². The average Bonchev–Trinajstić information content (AvgIpc) is 3.32. The number of fused-ring (bicyclic) bond motifs is 5. The second-order valence-electron chi connectivity index (χ2n) is 15.8. The van der Waals surface area contributed by atoms with E-state index in [0.29, 0.717) is 17.3 Å². The average molecular weight is 579 g/mol. The Balaban J connectivity index is 1.29. The SMILES string of the molecule is C/C=C\C/C=C\CCCCC(=O)OC1CCC2(C)C(=CCC3C2CCC2(C)C(C(C)CCC(CC)C(C)C)CCC32)C1. The molecule has 0 N–H and O–H groups in total. The van der Waals surface area contributed by atoms with Gasteiger partial charge in [0.2, 0.25) is 0 Å². The van der Waals surface area contributed by atoms with Gasteiger partial charge < -0.3 is 4.74 Å². The molecule has 2 nitrogen and oxygen atoms in total. The molecule has 0 radical (unpaired) electrons. The van der Waals surface area contributed by atoms with Crippen molar-refractivity contribution in [3.63, 3.8) is 0 Å². The maximum atomic E-state index is 12.7. The monoisotopic (exact) mass is 579 g/mol. The highest BCUT2D eigenvalue weighted by atomic mass is 16.5. The van der Waals surface area contributed by atoms with E-state index in [2.05, 4.69) is 78.8 Å². The van der Waals surface area contributed by atoms with Crippen molar-refractivity contribution in [3.05, 3.63) is 36.0 Å². The molecular formula is C40H66O2. The molecule has 2 heteroatoms. The standard InChI is InChI=1S/C40H66O2/c1-8-10-11-12-13-14-15-16-17-38(41)42-33-24-26-39(6)32(28-33)20-21-34-36-23-22-35(40(36,7)27-25-37(34)39)30(5)18-19-31(9-2)29(3)4/h8,10,12-13,20,29-31,33-37H,9,11,14-19,21-28H2,1-7H3/b10-8-,13-12-. The number of allylic oxidation sites excluding steroid dienone is 5. The highest BCUT2D eigenvalue weighted by Crippen LogP contribution is 2.67. The molecule has 0 bridgehead atoms. The molecule has 42 heavy (non-hydrogen) atoms. The summed E-state index contributed by atoms with van der Waals surface area (Å²) in [5.74, 6) is 6.10. The Bertz CT molecular complexity index is 957. The number of rotatable bonds is 14. The lowest BCUT2D eigenvalue weighted by Gasteiger charge is -2.58. The Morgan fingerprint density at radius 2 is 1.81 bits per heavy atom. The Kier molecular flexibility index (Phi) is 12.1. The van der Waals surface area contributed by atoms with Crippen LogP contribution in [0.2, 0.25) is 0 Å². The van der Waals surface area contributed by atoms with Crippen LogP contribution in [0.3, 0.4) is 0 Å². The van der Waals surface area contributed by atoms with Crippen LogP contribution in [-0.4, -0.2) is 12.1 Å². The summed E-state index contributed by atoms with van der Waals surface area (Å²) in [6, 6.07) is 0. The number of hydrogen-bond donors (Lipinski definition) is 0. The maximum Gasteiger partial charge on any atom is 0.306 e. The van der Waals surface area contributed by atoms with E-state index < -0.39 is 0 Å². The van der Waals surface area contributed by atoms with Crippen LogP contribution in [0.5, 0.6) is 0 Å². The van der Waals surface area contributed by atoms with Crippen LogP contribution in [0.25, 0.3) is 0 Å². The molecule has 3 saturated carbocycles. The Hall–Kier alpha value is -1.31. The molecular weight excluding hydrogens is 512 g/mol. The second kappa shape index (κ2) is 15.1. The highest BCUT2D eigenvalue weighted by molar-refractivity contribution is 5.69. The third kappa shape index (κ3) is 7.48. The molecule has 9 unspecified atom stereocenters. The first-order valence-corrected chi connectivity index (χ1v) is 18.3. The number of carbonyl (C=O) groups is 1. The van der Waals surface area contributed by atoms with Gasteiger partial charge >= 0.3 is 5.97 Å². The molecule has 3 fully saturated rings. The lowest BCUT2D eigenvalue weighted by atomic mass is 9.47. The molecule has 0 heterocycles. The molecule has 0 aliphatic heterocycles. The van der Waals surface area contributed by atoms with Crippen LogP contribution in [0.4, 0.5) is 0 Å². The Labute approximate surface area is 260 Å². The van der Waals surface area contributed by atoms with E-state index in [9.17, 15) is 4.79 Å². The summed E-state index contributed by atoms with van der Waals surface area (Å²) in [7, 11) is 0. The smallest absolute Gasteiger partial charge is 0.306 e. The lowest BCUT2D eigenvalue weighted by molar-refractivity contribution is -0.151. The fourth-order valence-corrected chi connectivity index (χ4v) is 10.6. The van der Waals surface area contributed by atoms with E-state index in [0.717, 1.165) is 80.0 Å². The van der Waals surface area contributed by atoms with E-state index in [1.165, 1.54) is 57.8 Å². The van der Waals surface area contributed by atoms with Crippen molar-refractivity contribution in [1.29, 1.82) is 0 Å². The van der Waals surface area contributed by atoms with Gasteiger partial charge in [-0.3, -0.25) is 4.79 Å². The normalized spacial score (nSPS) is 36.0. The van der Waals surface area contributed by atoms with Crippen molar-refractivity contribution in [3.8, 4) is 0 Å². The van der Waals surface area contributed by atoms with Crippen LogP contribution < -0.4 is 0 Å². The van der Waals surface area contributed by atoms with Gasteiger partial charge in [0.05, 0.1) is 0 Å². The van der Waals surface area contributed by atoms with Gasteiger partial charge in [0.15, 0.2) is 0 Å². The summed E-state index contributed by atoms with van der Waals surface area (Å²) < 4.78 is 6.06. The van der Waals surface area contributed by atoms with Gasteiger partial charge in [-0.2, -0.15) is 0 Å². The van der Waals surface area contributed by atoms with E-state index in [1.807, 2.05) is 0 Å². The van der Waals surface area contributed by atoms with Crippen LogP contribution in [0, 0.1) is 52.3 Å². The van der Waals surface area contributed by atoms with Crippen molar-refractivity contribution in [2.75, 3.05) is 0 Å². The molecule has 4 rings (SSSR count). The summed E-state index contributed by atoms with van der Waals surface area (Å²) in [6.07, 6.45) is 30.5. The molecule has 238 valence electrons. The fourth-order valence-electron chi connectivity index (χ4n) is 10.6. The third-order valence-electron chi connectivity index (χ3n) is 13.3. The van der Waals surface area contributed by atoms with Gasteiger partial charge in [-0.05, 0) is 136 Å². The van der Waals surface area contributed by atoms with Crippen molar-refractivity contribution < 1.29 is 9.53 Å². The topological polar surface area (TPSA) is 26.3 Å². The minimum atomic E-state index is 0.0222. The first-order valence-electron chi connectivity index (χ1n) is 18.3. The summed E-state index contributed by atoms with van der Waals surface area (Å²) in [6.45, 7) is 17.2. The molecule has 0 amide bonds. The van der Waals surface area contributed by atoms with Crippen molar-refractivity contribution in [2.45, 2.75) is 157 Å². The zero-order valence-electron chi connectivity index (χ0n) is 28.6. The summed E-state index contributed by atoms with van der Waals surface area (Å²) in [4.78, 5) is 12.7. The number of carbonyl (C=O) groups excluding carboxylic acids is 1. The van der Waals surface area contributed by atoms with Gasteiger partial charge in [0.1, 0.15) is 6.10 Å². The van der Waals surface area contributed by atoms with Gasteiger partial charge in [0, 0.05) is 12.8 Å². The summed E-state index contributed by atoms with van der Waals surface area (Å²) in [5.41, 5.74) is 2.49. The summed E-state index contributed by atoms with van der Waals surface area (Å²) >= 11 is 0. The van der Waals surface area contributed by atoms with Crippen molar-refractivity contribution in [1.82, 2.24) is 0 Å². The van der Waals surface area contributed by atoms with E-state index in [4.69, 9.17) is 4.74 Å². The zero-order valence-corrected chi connectivity index (χ0v) is 28.6. The van der Waals surface area contributed by atoms with Gasteiger partial charge in [-0.1, -0.05) is 90.3 Å². The Morgan fingerprint density at radius 1 is 1.00 bits per heavy atom. The van der Waals surface area contributed by atoms with Crippen LogP contribution in [-0.2, 0) is 9.53 Å². The van der Waals surface area contributed by atoms with E-state index in [1.54, 1.807) is 5.57 Å². The van der Waals surface area contributed by atoms with E-state index >= 15 is 0 Å². The third-order valence-corrected chi connectivity index (χ3v) is 13.3. The molecule has 0 saturated heterocycles. The first-order chi connectivity index (χ1) is 20.1. The maximum absolute atomic E-state index is 12.7. The molecule has 4 aliphatic rings. The minimum absolute atomic E-state index is 0.0222. The molecule has 9 atom stereocenters. The Morgan fingerprint density at radius 3 is 2.55 bits per heavy atom. The minimum Gasteiger partial charge on any atom is -0.462 e. The quantitative estimate of drug-likeness (QED) is 0.116. The molecule has 4 aliphatic carbocycles. The second-order valence-corrected chi connectivity index (χ2v) is 15.8. The largest absolute Gasteiger partial charge is 0.462 e. The van der Waals surface area contributed by atoms with Crippen molar-refractivity contribution >= 4 is 5.97 Å². The van der Waals surface area contributed by atoms with Crippen LogP contribution in [0.1, 0.15) is 151 Å². The highest BCUT2D eigenvalue weighted by Gasteiger charge is 2.59. The van der Waals surface area contributed by atoms with Crippen LogP contribution in [0.15, 0.2) is 36.0 Å². The first kappa shape index (κ1) is 33.6. The lowest BCUT2D eigenvalue weighted by Crippen LogP contribution is -2.51. The fraction of sp³-hybridized carbons (Fsp3) is 0.825. The molecule has 0 aromatic heterocycles. The predicted molar refractivity (Wildman–Crippen MR) is 179 cm³/mol. The molecule has 0 aromatic rings. The van der Waals surface area contributed by atoms with Gasteiger partial charge in [-0.25, -0.2) is 0 Å². The van der Waals surface area contributed by atoms with E-state index in [-0.39, 0.29) is 12.1 Å². The van der Waals surface area contributed by atoms with Gasteiger partial charge in [-0.15, -0.1) is 0 Å². The summed E-state index contributed by atoms with van der Waals surface area (Å²) in [5, 5.41) is 0. The number of esters is 1. The number of hydrogen-bond acceptors (Lipinski definition) is 2. The van der Waals surface area contributed by atoms with Gasteiger partial charge in [0.25, 0.3) is 0 Å².